The van der Waals surface area contributed by atoms with Crippen molar-refractivity contribution in [3.63, 3.8) is 0 Å². The van der Waals surface area contributed by atoms with Crippen LogP contribution in [-0.2, 0) is 9.53 Å². The topological polar surface area (TPSA) is 26.3 Å². The Balaban J connectivity index is 1.59. The van der Waals surface area contributed by atoms with Gasteiger partial charge in [0.2, 0.25) is 0 Å². The van der Waals surface area contributed by atoms with Gasteiger partial charge in [0, 0.05) is 6.92 Å². The van der Waals surface area contributed by atoms with Crippen molar-refractivity contribution in [2.24, 2.45) is 35.5 Å². The van der Waals surface area contributed by atoms with E-state index in [0.717, 1.165) is 41.9 Å². The molecule has 7 atom stereocenters. The average molecular weight is 208 g/mol. The number of rotatable bonds is 3. The highest BCUT2D eigenvalue weighted by atomic mass is 16.5. The minimum absolute atomic E-state index is 0.125. The summed E-state index contributed by atoms with van der Waals surface area (Å²) in [7, 11) is 0. The second-order valence-corrected chi connectivity index (χ2v) is 5.90. The summed E-state index contributed by atoms with van der Waals surface area (Å²) in [6.07, 6.45) is 2.70. The molecule has 5 fully saturated rings. The fourth-order valence-corrected chi connectivity index (χ4v) is 4.94. The highest BCUT2D eigenvalue weighted by Crippen LogP contribution is 2.75. The highest BCUT2D eigenvalue weighted by Gasteiger charge is 2.70. The zero-order valence-corrected chi connectivity index (χ0v) is 9.77. The first-order valence-corrected chi connectivity index (χ1v) is 6.26. The molecule has 4 bridgehead atoms. The molecule has 0 radical (unpaired) electrons. The molecular weight excluding hydrogens is 188 g/mol. The van der Waals surface area contributed by atoms with Gasteiger partial charge in [-0.15, -0.1) is 0 Å². The molecule has 0 aromatic rings. The predicted molar refractivity (Wildman–Crippen MR) is 57.1 cm³/mol. The Morgan fingerprint density at radius 3 is 2.60 bits per heavy atom. The van der Waals surface area contributed by atoms with E-state index in [1.54, 1.807) is 0 Å². The molecule has 0 aromatic carbocycles. The molecule has 5 saturated carbocycles. The molecule has 0 heterocycles. The fraction of sp³-hybridized carbons (Fsp3) is 0.923. The maximum atomic E-state index is 10.9. The van der Waals surface area contributed by atoms with Crippen molar-refractivity contribution in [1.82, 2.24) is 0 Å². The molecule has 5 aliphatic rings. The van der Waals surface area contributed by atoms with Crippen molar-refractivity contribution in [3.05, 3.63) is 0 Å². The second-order valence-electron chi connectivity index (χ2n) is 5.90. The Morgan fingerprint density at radius 2 is 2.13 bits per heavy atom. The zero-order chi connectivity index (χ0) is 10.7. The molecule has 0 amide bonds. The van der Waals surface area contributed by atoms with E-state index in [2.05, 4.69) is 6.92 Å². The molecule has 0 saturated heterocycles. The largest absolute Gasteiger partial charge is 0.463 e. The molecule has 7 unspecified atom stereocenters. The van der Waals surface area contributed by atoms with Crippen LogP contribution in [0.3, 0.4) is 0 Å². The predicted octanol–water partition coefficient (Wildman–Crippen LogP) is 2.48. The third kappa shape index (κ3) is 1.14. The van der Waals surface area contributed by atoms with E-state index in [1.165, 1.54) is 13.3 Å². The molecule has 84 valence electrons. The van der Waals surface area contributed by atoms with Crippen LogP contribution in [0.15, 0.2) is 0 Å². The average Bonchev–Trinajstić information content (AvgIpc) is 2.61. The molecule has 0 aromatic heterocycles. The summed E-state index contributed by atoms with van der Waals surface area (Å²) >= 11 is 0. The van der Waals surface area contributed by atoms with Crippen LogP contribution in [0.25, 0.3) is 0 Å². The van der Waals surface area contributed by atoms with Gasteiger partial charge in [0.05, 0.1) is 6.10 Å². The fourth-order valence-electron chi connectivity index (χ4n) is 4.94. The van der Waals surface area contributed by atoms with Crippen LogP contribution in [0.4, 0.5) is 0 Å². The number of hydrogen-bond donors (Lipinski definition) is 0. The summed E-state index contributed by atoms with van der Waals surface area (Å²) in [5, 5.41) is 0. The molecule has 2 heteroatoms. The van der Waals surface area contributed by atoms with Crippen LogP contribution >= 0.6 is 0 Å². The van der Waals surface area contributed by atoms with Crippen molar-refractivity contribution in [2.45, 2.75) is 39.7 Å². The minimum Gasteiger partial charge on any atom is -0.463 e. The summed E-state index contributed by atoms with van der Waals surface area (Å²) in [5.74, 6) is 5.75. The second kappa shape index (κ2) is 2.99. The lowest BCUT2D eigenvalue weighted by atomic mass is 9.54. The van der Waals surface area contributed by atoms with Gasteiger partial charge in [-0.1, -0.05) is 6.92 Å². The Bertz CT molecular complexity index is 293. The molecule has 0 spiro atoms. The van der Waals surface area contributed by atoms with E-state index in [1.807, 2.05) is 6.92 Å². The Labute approximate surface area is 91.4 Å². The lowest BCUT2D eigenvalue weighted by Gasteiger charge is -2.51. The van der Waals surface area contributed by atoms with E-state index in [9.17, 15) is 4.79 Å². The summed E-state index contributed by atoms with van der Waals surface area (Å²) in [6, 6.07) is 0. The van der Waals surface area contributed by atoms with Crippen molar-refractivity contribution in [2.75, 3.05) is 0 Å². The number of carbonyl (C=O) groups is 1. The van der Waals surface area contributed by atoms with Crippen LogP contribution < -0.4 is 0 Å². The SMILES string of the molecule is CC(=O)OC(C)CC1C2CC3C1C(C)C23. The van der Waals surface area contributed by atoms with Crippen molar-refractivity contribution < 1.29 is 9.53 Å². The van der Waals surface area contributed by atoms with Gasteiger partial charge in [-0.2, -0.15) is 0 Å². The monoisotopic (exact) mass is 208 g/mol. The summed E-state index contributed by atoms with van der Waals surface area (Å²) in [5.41, 5.74) is 0. The molecule has 15 heavy (non-hydrogen) atoms. The first kappa shape index (κ1) is 9.68. The molecule has 2 nitrogen and oxygen atoms in total. The molecule has 0 N–H and O–H groups in total. The van der Waals surface area contributed by atoms with E-state index in [-0.39, 0.29) is 12.1 Å². The van der Waals surface area contributed by atoms with Crippen LogP contribution in [-0.4, -0.2) is 12.1 Å². The van der Waals surface area contributed by atoms with Crippen LogP contribution in [0.5, 0.6) is 0 Å². The van der Waals surface area contributed by atoms with Gasteiger partial charge in [0.1, 0.15) is 0 Å². The normalized spacial score (nSPS) is 51.7. The first-order chi connectivity index (χ1) is 7.09. The number of hydrogen-bond acceptors (Lipinski definition) is 2. The van der Waals surface area contributed by atoms with E-state index in [0.29, 0.717) is 0 Å². The number of ether oxygens (including phenoxy) is 1. The smallest absolute Gasteiger partial charge is 0.302 e. The van der Waals surface area contributed by atoms with Crippen LogP contribution in [0, 0.1) is 35.5 Å². The van der Waals surface area contributed by atoms with Gasteiger partial charge in [0.15, 0.2) is 0 Å². The molecular formula is C13H20O2. The molecule has 5 rings (SSSR count). The lowest BCUT2D eigenvalue weighted by Crippen LogP contribution is -2.46. The van der Waals surface area contributed by atoms with E-state index in [4.69, 9.17) is 4.74 Å². The Morgan fingerprint density at radius 1 is 1.40 bits per heavy atom. The highest BCUT2D eigenvalue weighted by molar-refractivity contribution is 5.66. The maximum Gasteiger partial charge on any atom is 0.302 e. The Hall–Kier alpha value is -0.530. The van der Waals surface area contributed by atoms with E-state index < -0.39 is 0 Å². The summed E-state index contributed by atoms with van der Waals surface area (Å²) < 4.78 is 5.24. The first-order valence-electron chi connectivity index (χ1n) is 6.26. The summed E-state index contributed by atoms with van der Waals surface area (Å²) in [6.45, 7) is 5.96. The number of carbonyl (C=O) groups excluding carboxylic acids is 1. The van der Waals surface area contributed by atoms with Gasteiger partial charge in [-0.05, 0) is 55.3 Å². The third-order valence-electron chi connectivity index (χ3n) is 5.26. The molecule has 0 aliphatic heterocycles. The van der Waals surface area contributed by atoms with Gasteiger partial charge in [0.25, 0.3) is 0 Å². The standard InChI is InChI=1S/C13H20O2/c1-6(15-8(3)14)4-9-10-5-11-12(9)7(2)13(10)11/h6-7,9-13H,4-5H2,1-3H3. The third-order valence-corrected chi connectivity index (χ3v) is 5.26. The van der Waals surface area contributed by atoms with Gasteiger partial charge in [-0.25, -0.2) is 0 Å². The molecule has 5 aliphatic carbocycles. The summed E-state index contributed by atoms with van der Waals surface area (Å²) in [4.78, 5) is 10.9. The van der Waals surface area contributed by atoms with Gasteiger partial charge >= 0.3 is 5.97 Å². The quantitative estimate of drug-likeness (QED) is 0.666. The van der Waals surface area contributed by atoms with Gasteiger partial charge < -0.3 is 4.74 Å². The van der Waals surface area contributed by atoms with Crippen LogP contribution in [0.1, 0.15) is 33.6 Å². The minimum atomic E-state index is -0.131. The maximum absolute atomic E-state index is 10.9. The van der Waals surface area contributed by atoms with E-state index >= 15 is 0 Å². The van der Waals surface area contributed by atoms with Gasteiger partial charge in [-0.3, -0.25) is 4.79 Å². The van der Waals surface area contributed by atoms with Crippen molar-refractivity contribution >= 4 is 5.97 Å². The van der Waals surface area contributed by atoms with Crippen molar-refractivity contribution in [1.29, 1.82) is 0 Å². The number of esters is 1. The zero-order valence-electron chi connectivity index (χ0n) is 9.77. The lowest BCUT2D eigenvalue weighted by molar-refractivity contribution is -0.146. The van der Waals surface area contributed by atoms with Crippen molar-refractivity contribution in [3.8, 4) is 0 Å². The Kier molecular flexibility index (Phi) is 1.93. The van der Waals surface area contributed by atoms with Crippen LogP contribution in [0.2, 0.25) is 0 Å².